The molecule has 1 N–H and O–H groups in total. The topological polar surface area (TPSA) is 27.6 Å². The number of hydrogen-bond donors (Lipinski definition) is 1. The van der Waals surface area contributed by atoms with E-state index in [9.17, 15) is 0 Å². The largest absolute Gasteiger partial charge is 0.346 e. The maximum atomic E-state index is 4.91. The summed E-state index contributed by atoms with van der Waals surface area (Å²) in [5.74, 6) is 0. The molecular weight excluding hydrogens is 270 g/mol. The van der Waals surface area contributed by atoms with Crippen LogP contribution in [-0.2, 0) is 5.54 Å². The molecule has 0 spiro atoms. The van der Waals surface area contributed by atoms with E-state index in [-0.39, 0.29) is 5.54 Å². The summed E-state index contributed by atoms with van der Waals surface area (Å²) in [6, 6.07) is 19.1. The second-order valence-corrected chi connectivity index (χ2v) is 6.08. The van der Waals surface area contributed by atoms with Crippen molar-refractivity contribution in [2.24, 2.45) is 4.99 Å². The lowest BCUT2D eigenvalue weighted by atomic mass is 9.78. The molecule has 2 aromatic carbocycles. The molecule has 0 saturated heterocycles. The van der Waals surface area contributed by atoms with Gasteiger partial charge in [-0.1, -0.05) is 48.5 Å². The highest BCUT2D eigenvalue weighted by atomic mass is 15.1. The molecule has 1 atom stereocenters. The van der Waals surface area contributed by atoms with Crippen molar-refractivity contribution in [2.75, 3.05) is 26.0 Å². The van der Waals surface area contributed by atoms with Gasteiger partial charge in [-0.3, -0.25) is 4.99 Å². The second kappa shape index (κ2) is 6.32. The van der Waals surface area contributed by atoms with Gasteiger partial charge in [-0.2, -0.15) is 0 Å². The highest BCUT2D eigenvalue weighted by molar-refractivity contribution is 5.82. The fourth-order valence-corrected chi connectivity index (χ4v) is 3.19. The molecule has 1 aliphatic rings. The van der Waals surface area contributed by atoms with Gasteiger partial charge in [-0.25, -0.2) is 0 Å². The Kier molecular flexibility index (Phi) is 4.25. The van der Waals surface area contributed by atoms with Gasteiger partial charge < -0.3 is 10.2 Å². The van der Waals surface area contributed by atoms with Crippen LogP contribution in [0.3, 0.4) is 0 Å². The van der Waals surface area contributed by atoms with E-state index in [0.29, 0.717) is 0 Å². The Bertz CT molecular complexity index is 649. The lowest BCUT2D eigenvalue weighted by molar-refractivity contribution is 0.364. The summed E-state index contributed by atoms with van der Waals surface area (Å²) in [5.41, 5.74) is 3.41. The summed E-state index contributed by atoms with van der Waals surface area (Å²) >= 11 is 0. The van der Waals surface area contributed by atoms with Gasteiger partial charge >= 0.3 is 0 Å². The number of fused-ring (bicyclic) bond motifs is 1. The van der Waals surface area contributed by atoms with Gasteiger partial charge in [-0.05, 0) is 45.1 Å². The van der Waals surface area contributed by atoms with Crippen molar-refractivity contribution in [3.8, 4) is 0 Å². The molecule has 1 aliphatic heterocycles. The predicted molar refractivity (Wildman–Crippen MR) is 93.6 cm³/mol. The van der Waals surface area contributed by atoms with Gasteiger partial charge in [0.1, 0.15) is 5.54 Å². The minimum absolute atomic E-state index is 0.279. The van der Waals surface area contributed by atoms with Crippen LogP contribution in [0, 0.1) is 0 Å². The van der Waals surface area contributed by atoms with Crippen molar-refractivity contribution in [2.45, 2.75) is 18.4 Å². The lowest BCUT2D eigenvalue weighted by Gasteiger charge is -2.35. The number of para-hydroxylation sites is 1. The van der Waals surface area contributed by atoms with Crippen LogP contribution in [0.1, 0.15) is 24.0 Å². The zero-order valence-corrected chi connectivity index (χ0v) is 13.3. The molecule has 22 heavy (non-hydrogen) atoms. The summed E-state index contributed by atoms with van der Waals surface area (Å²) in [6.45, 7) is 1.07. The van der Waals surface area contributed by atoms with Crippen molar-refractivity contribution in [1.82, 2.24) is 4.90 Å². The molecule has 1 heterocycles. The maximum Gasteiger partial charge on any atom is 0.114 e. The van der Waals surface area contributed by atoms with Crippen molar-refractivity contribution >= 4 is 12.0 Å². The Hall–Kier alpha value is -2.13. The number of aliphatic imine (C=N–C) groups is 1. The highest BCUT2D eigenvalue weighted by Crippen LogP contribution is 2.43. The van der Waals surface area contributed by atoms with E-state index in [1.54, 1.807) is 0 Å². The van der Waals surface area contributed by atoms with E-state index in [2.05, 4.69) is 78.9 Å². The van der Waals surface area contributed by atoms with Crippen LogP contribution in [-0.4, -0.2) is 31.9 Å². The number of hydrogen-bond acceptors (Lipinski definition) is 3. The molecule has 0 fully saturated rings. The third-order valence-corrected chi connectivity index (χ3v) is 4.27. The summed E-state index contributed by atoms with van der Waals surface area (Å²) in [7, 11) is 4.24. The highest BCUT2D eigenvalue weighted by Gasteiger charge is 2.36. The first-order chi connectivity index (χ1) is 10.7. The molecule has 0 bridgehead atoms. The SMILES string of the molecule is CN(C)CCCC1(c2ccccc2)N=CNc2ccccc21. The zero-order valence-electron chi connectivity index (χ0n) is 13.3. The van der Waals surface area contributed by atoms with Crippen LogP contribution >= 0.6 is 0 Å². The smallest absolute Gasteiger partial charge is 0.114 e. The van der Waals surface area contributed by atoms with Crippen LogP contribution in [0.15, 0.2) is 59.6 Å². The monoisotopic (exact) mass is 293 g/mol. The minimum Gasteiger partial charge on any atom is -0.346 e. The second-order valence-electron chi connectivity index (χ2n) is 6.08. The molecule has 114 valence electrons. The molecule has 0 saturated carbocycles. The van der Waals surface area contributed by atoms with E-state index in [4.69, 9.17) is 4.99 Å². The molecular formula is C19H23N3. The van der Waals surface area contributed by atoms with Gasteiger partial charge in [0.25, 0.3) is 0 Å². The van der Waals surface area contributed by atoms with Crippen LogP contribution in [0.5, 0.6) is 0 Å². The molecule has 0 amide bonds. The van der Waals surface area contributed by atoms with E-state index < -0.39 is 0 Å². The van der Waals surface area contributed by atoms with Crippen LogP contribution in [0.2, 0.25) is 0 Å². The number of anilines is 1. The fraction of sp³-hybridized carbons (Fsp3) is 0.316. The third-order valence-electron chi connectivity index (χ3n) is 4.27. The van der Waals surface area contributed by atoms with E-state index in [1.807, 2.05) is 6.34 Å². The summed E-state index contributed by atoms with van der Waals surface area (Å²) < 4.78 is 0. The van der Waals surface area contributed by atoms with Crippen molar-refractivity contribution < 1.29 is 0 Å². The van der Waals surface area contributed by atoms with E-state index in [0.717, 1.165) is 25.1 Å². The molecule has 0 aliphatic carbocycles. The number of benzene rings is 2. The maximum absolute atomic E-state index is 4.91. The molecule has 1 unspecified atom stereocenters. The average molecular weight is 293 g/mol. The Morgan fingerprint density at radius 1 is 1.00 bits per heavy atom. The van der Waals surface area contributed by atoms with Gasteiger partial charge in [0.2, 0.25) is 0 Å². The van der Waals surface area contributed by atoms with Crippen molar-refractivity contribution in [3.63, 3.8) is 0 Å². The quantitative estimate of drug-likeness (QED) is 0.909. The Morgan fingerprint density at radius 2 is 1.73 bits per heavy atom. The summed E-state index contributed by atoms with van der Waals surface area (Å²) in [6.07, 6.45) is 3.96. The van der Waals surface area contributed by atoms with E-state index >= 15 is 0 Å². The normalized spacial score (nSPS) is 19.8. The van der Waals surface area contributed by atoms with Crippen LogP contribution in [0.25, 0.3) is 0 Å². The zero-order chi connectivity index (χ0) is 15.4. The summed E-state index contributed by atoms with van der Waals surface area (Å²) in [5, 5.41) is 3.28. The van der Waals surface area contributed by atoms with Gasteiger partial charge in [0, 0.05) is 11.3 Å². The first kappa shape index (κ1) is 14.8. The standard InChI is InChI=1S/C19H23N3/c1-22(2)14-8-13-19(16-9-4-3-5-10-16)17-11-6-7-12-18(17)20-15-21-19/h3-7,9-12,15H,8,13-14H2,1-2H3,(H,20,21). The van der Waals surface area contributed by atoms with Crippen LogP contribution < -0.4 is 5.32 Å². The van der Waals surface area contributed by atoms with Crippen LogP contribution in [0.4, 0.5) is 5.69 Å². The molecule has 0 aromatic heterocycles. The number of rotatable bonds is 5. The molecule has 0 radical (unpaired) electrons. The van der Waals surface area contributed by atoms with Gasteiger partial charge in [-0.15, -0.1) is 0 Å². The first-order valence-electron chi connectivity index (χ1n) is 7.82. The average Bonchev–Trinajstić information content (AvgIpc) is 2.55. The lowest BCUT2D eigenvalue weighted by Crippen LogP contribution is -2.31. The first-order valence-corrected chi connectivity index (χ1v) is 7.82. The Morgan fingerprint density at radius 3 is 2.50 bits per heavy atom. The molecule has 3 rings (SSSR count). The fourth-order valence-electron chi connectivity index (χ4n) is 3.19. The Balaban J connectivity index is 2.04. The molecule has 3 heteroatoms. The number of nitrogens with one attached hydrogen (secondary N) is 1. The van der Waals surface area contributed by atoms with Gasteiger partial charge in [0.15, 0.2) is 0 Å². The molecule has 2 aromatic rings. The molecule has 3 nitrogen and oxygen atoms in total. The van der Waals surface area contributed by atoms with Crippen molar-refractivity contribution in [3.05, 3.63) is 65.7 Å². The van der Waals surface area contributed by atoms with Gasteiger partial charge in [0.05, 0.1) is 6.34 Å². The predicted octanol–water partition coefficient (Wildman–Crippen LogP) is 3.73. The van der Waals surface area contributed by atoms with Crippen molar-refractivity contribution in [1.29, 1.82) is 0 Å². The third kappa shape index (κ3) is 2.77. The summed E-state index contributed by atoms with van der Waals surface area (Å²) in [4.78, 5) is 7.15. The number of nitrogens with zero attached hydrogens (tertiary/aromatic N) is 2. The van der Waals surface area contributed by atoms with E-state index in [1.165, 1.54) is 11.1 Å². The Labute approximate surface area is 132 Å². The minimum atomic E-state index is -0.279.